The second-order valence-electron chi connectivity index (χ2n) is 5.63. The third-order valence-corrected chi connectivity index (χ3v) is 2.83. The molecular formula is C12H20N2O2. The lowest BCUT2D eigenvalue weighted by atomic mass is 10.1. The number of likely N-dealkylation sites (tertiary alicyclic amines) is 1. The maximum atomic E-state index is 12.0. The molecule has 1 aliphatic heterocycles. The van der Waals surface area contributed by atoms with Crippen LogP contribution in [0.2, 0.25) is 0 Å². The average molecular weight is 224 g/mol. The van der Waals surface area contributed by atoms with Crippen LogP contribution in [0.3, 0.4) is 0 Å². The zero-order valence-corrected chi connectivity index (χ0v) is 10.2. The standard InChI is InChI=1S/C12H20N2O2/c1-12(2,3)16-11(15)14-7-9(13)6-10(14)8-4-5-8/h4,9-10H,5-7,13H2,1-3H3/t9-,10?/m1/s1. The second-order valence-corrected chi connectivity index (χ2v) is 5.63. The first-order chi connectivity index (χ1) is 7.37. The van der Waals surface area contributed by atoms with Gasteiger partial charge >= 0.3 is 6.09 Å². The topological polar surface area (TPSA) is 55.6 Å². The summed E-state index contributed by atoms with van der Waals surface area (Å²) >= 11 is 0. The number of nitrogens with two attached hydrogens (primary N) is 1. The van der Waals surface area contributed by atoms with Gasteiger partial charge in [-0.1, -0.05) is 6.08 Å². The van der Waals surface area contributed by atoms with Crippen molar-refractivity contribution < 1.29 is 9.53 Å². The Morgan fingerprint density at radius 1 is 1.56 bits per heavy atom. The number of nitrogens with zero attached hydrogens (tertiary/aromatic N) is 1. The van der Waals surface area contributed by atoms with E-state index < -0.39 is 5.60 Å². The van der Waals surface area contributed by atoms with Crippen LogP contribution in [-0.4, -0.2) is 35.2 Å². The Labute approximate surface area is 96.4 Å². The van der Waals surface area contributed by atoms with Crippen LogP contribution >= 0.6 is 0 Å². The van der Waals surface area contributed by atoms with E-state index in [9.17, 15) is 4.79 Å². The molecule has 0 aromatic rings. The van der Waals surface area contributed by atoms with Crippen molar-refractivity contribution in [1.82, 2.24) is 4.90 Å². The highest BCUT2D eigenvalue weighted by molar-refractivity contribution is 5.70. The van der Waals surface area contributed by atoms with E-state index in [2.05, 4.69) is 6.08 Å². The van der Waals surface area contributed by atoms with Crippen molar-refractivity contribution in [2.75, 3.05) is 6.54 Å². The lowest BCUT2D eigenvalue weighted by Crippen LogP contribution is -2.40. The molecule has 1 heterocycles. The molecule has 0 aromatic heterocycles. The zero-order valence-electron chi connectivity index (χ0n) is 10.2. The maximum Gasteiger partial charge on any atom is 0.410 e. The lowest BCUT2D eigenvalue weighted by molar-refractivity contribution is 0.0249. The SMILES string of the molecule is CC(C)(C)OC(=O)N1C[C@H](N)CC1C1=CC1. The summed E-state index contributed by atoms with van der Waals surface area (Å²) in [6.07, 6.45) is 3.81. The average Bonchev–Trinajstić information content (AvgIpc) is 2.87. The van der Waals surface area contributed by atoms with E-state index in [-0.39, 0.29) is 18.2 Å². The van der Waals surface area contributed by atoms with Crippen LogP contribution in [0, 0.1) is 0 Å². The minimum Gasteiger partial charge on any atom is -0.444 e. The van der Waals surface area contributed by atoms with Crippen LogP contribution in [0.25, 0.3) is 0 Å². The fourth-order valence-corrected chi connectivity index (χ4v) is 2.07. The van der Waals surface area contributed by atoms with Crippen molar-refractivity contribution in [2.24, 2.45) is 5.73 Å². The second kappa shape index (κ2) is 3.77. The van der Waals surface area contributed by atoms with Crippen molar-refractivity contribution >= 4 is 6.09 Å². The first-order valence-electron chi connectivity index (χ1n) is 5.81. The van der Waals surface area contributed by atoms with E-state index in [1.165, 1.54) is 5.57 Å². The van der Waals surface area contributed by atoms with Crippen molar-refractivity contribution in [3.63, 3.8) is 0 Å². The zero-order chi connectivity index (χ0) is 11.9. The predicted molar refractivity (Wildman–Crippen MR) is 62.0 cm³/mol. The highest BCUT2D eigenvalue weighted by Crippen LogP contribution is 2.33. The number of rotatable bonds is 1. The molecule has 1 fully saturated rings. The molecule has 0 saturated carbocycles. The molecule has 1 unspecified atom stereocenters. The van der Waals surface area contributed by atoms with Crippen molar-refractivity contribution in [3.8, 4) is 0 Å². The molecule has 2 atom stereocenters. The van der Waals surface area contributed by atoms with E-state index in [1.807, 2.05) is 20.8 Å². The Bertz CT molecular complexity index is 330. The van der Waals surface area contributed by atoms with E-state index in [1.54, 1.807) is 4.90 Å². The fourth-order valence-electron chi connectivity index (χ4n) is 2.07. The van der Waals surface area contributed by atoms with Gasteiger partial charge in [0.1, 0.15) is 5.60 Å². The molecule has 16 heavy (non-hydrogen) atoms. The molecule has 2 aliphatic rings. The van der Waals surface area contributed by atoms with Crippen LogP contribution in [-0.2, 0) is 4.74 Å². The summed E-state index contributed by atoms with van der Waals surface area (Å²) in [5.74, 6) is 0. The third kappa shape index (κ3) is 2.55. The minimum absolute atomic E-state index is 0.0824. The number of amides is 1. The number of hydrogen-bond acceptors (Lipinski definition) is 3. The number of ether oxygens (including phenoxy) is 1. The molecule has 2 N–H and O–H groups in total. The lowest BCUT2D eigenvalue weighted by Gasteiger charge is -2.27. The Kier molecular flexibility index (Phi) is 2.70. The van der Waals surface area contributed by atoms with E-state index in [4.69, 9.17) is 10.5 Å². The van der Waals surface area contributed by atoms with Crippen molar-refractivity contribution in [1.29, 1.82) is 0 Å². The Balaban J connectivity index is 2.01. The number of hydrogen-bond donors (Lipinski definition) is 1. The molecule has 0 spiro atoms. The van der Waals surface area contributed by atoms with Crippen molar-refractivity contribution in [3.05, 3.63) is 11.6 Å². The molecule has 0 bridgehead atoms. The van der Waals surface area contributed by atoms with Crippen LogP contribution in [0.15, 0.2) is 11.6 Å². The van der Waals surface area contributed by atoms with Gasteiger partial charge in [0.05, 0.1) is 6.04 Å². The van der Waals surface area contributed by atoms with Gasteiger partial charge < -0.3 is 10.5 Å². The summed E-state index contributed by atoms with van der Waals surface area (Å²) in [6.45, 7) is 6.25. The van der Waals surface area contributed by atoms with Gasteiger partial charge in [0.15, 0.2) is 0 Å². The van der Waals surface area contributed by atoms with Crippen LogP contribution in [0.1, 0.15) is 33.6 Å². The summed E-state index contributed by atoms with van der Waals surface area (Å²) in [6, 6.07) is 0.267. The van der Waals surface area contributed by atoms with E-state index in [0.717, 1.165) is 12.8 Å². The molecule has 1 amide bonds. The molecular weight excluding hydrogens is 204 g/mol. The fraction of sp³-hybridized carbons (Fsp3) is 0.750. The smallest absolute Gasteiger partial charge is 0.410 e. The molecule has 0 radical (unpaired) electrons. The molecule has 1 saturated heterocycles. The van der Waals surface area contributed by atoms with E-state index >= 15 is 0 Å². The molecule has 4 heteroatoms. The summed E-state index contributed by atoms with van der Waals surface area (Å²) in [7, 11) is 0. The number of allylic oxidation sites excluding steroid dienone is 1. The Morgan fingerprint density at radius 2 is 2.19 bits per heavy atom. The van der Waals surface area contributed by atoms with Gasteiger partial charge in [-0.25, -0.2) is 4.79 Å². The third-order valence-electron chi connectivity index (χ3n) is 2.83. The summed E-state index contributed by atoms with van der Waals surface area (Å²) < 4.78 is 5.38. The summed E-state index contributed by atoms with van der Waals surface area (Å²) in [4.78, 5) is 13.7. The Morgan fingerprint density at radius 3 is 2.69 bits per heavy atom. The van der Waals surface area contributed by atoms with Gasteiger partial charge in [0.25, 0.3) is 0 Å². The maximum absolute atomic E-state index is 12.0. The monoisotopic (exact) mass is 224 g/mol. The summed E-state index contributed by atoms with van der Waals surface area (Å²) in [5.41, 5.74) is 6.80. The van der Waals surface area contributed by atoms with Crippen LogP contribution < -0.4 is 5.73 Å². The van der Waals surface area contributed by atoms with Gasteiger partial charge in [0, 0.05) is 12.6 Å². The highest BCUT2D eigenvalue weighted by Gasteiger charge is 2.39. The van der Waals surface area contributed by atoms with Gasteiger partial charge in [-0.2, -0.15) is 0 Å². The quantitative estimate of drug-likeness (QED) is 0.689. The molecule has 0 aromatic carbocycles. The molecule has 2 rings (SSSR count). The predicted octanol–water partition coefficient (Wildman–Crippen LogP) is 1.65. The number of carbonyl (C=O) groups excluding carboxylic acids is 1. The van der Waals surface area contributed by atoms with Crippen molar-refractivity contribution in [2.45, 2.75) is 51.3 Å². The van der Waals surface area contributed by atoms with Gasteiger partial charge in [0.2, 0.25) is 0 Å². The van der Waals surface area contributed by atoms with Crippen LogP contribution in [0.5, 0.6) is 0 Å². The summed E-state index contributed by atoms with van der Waals surface area (Å²) in [5, 5.41) is 0. The van der Waals surface area contributed by atoms with Gasteiger partial charge in [-0.15, -0.1) is 0 Å². The van der Waals surface area contributed by atoms with Crippen LogP contribution in [0.4, 0.5) is 4.79 Å². The first-order valence-corrected chi connectivity index (χ1v) is 5.81. The highest BCUT2D eigenvalue weighted by atomic mass is 16.6. The molecule has 90 valence electrons. The largest absolute Gasteiger partial charge is 0.444 e. The first kappa shape index (κ1) is 11.5. The minimum atomic E-state index is -0.438. The Hall–Kier alpha value is -1.03. The molecule has 1 aliphatic carbocycles. The van der Waals surface area contributed by atoms with E-state index in [0.29, 0.717) is 6.54 Å². The van der Waals surface area contributed by atoms with Gasteiger partial charge in [-0.3, -0.25) is 4.90 Å². The number of carbonyl (C=O) groups is 1. The normalized spacial score (nSPS) is 29.0. The van der Waals surface area contributed by atoms with Gasteiger partial charge in [-0.05, 0) is 39.2 Å². The molecule has 4 nitrogen and oxygen atoms in total.